The summed E-state index contributed by atoms with van der Waals surface area (Å²) in [4.78, 5) is 36.7. The van der Waals surface area contributed by atoms with E-state index in [1.54, 1.807) is 31.2 Å². The van der Waals surface area contributed by atoms with Crippen molar-refractivity contribution in [2.24, 2.45) is 5.92 Å². The highest BCUT2D eigenvalue weighted by atomic mass is 16.6. The number of aromatic hydroxyl groups is 1. The Morgan fingerprint density at radius 1 is 1.13 bits per heavy atom. The van der Waals surface area contributed by atoms with Crippen molar-refractivity contribution in [3.05, 3.63) is 58.1 Å². The Labute approximate surface area is 172 Å². The lowest BCUT2D eigenvalue weighted by molar-refractivity contribution is -0.151. The topological polar surface area (TPSA) is 119 Å². The van der Waals surface area contributed by atoms with E-state index in [1.165, 1.54) is 20.1 Å². The molecular formula is C22H20O8. The second-order valence-corrected chi connectivity index (χ2v) is 7.37. The summed E-state index contributed by atoms with van der Waals surface area (Å²) in [6.07, 6.45) is -3.36. The van der Waals surface area contributed by atoms with E-state index in [0.29, 0.717) is 22.4 Å². The summed E-state index contributed by atoms with van der Waals surface area (Å²) in [5.41, 5.74) is 1.05. The number of carbonyl (C=O) groups is 3. The molecule has 0 fully saturated rings. The number of hydrogen-bond acceptors (Lipinski definition) is 8. The summed E-state index contributed by atoms with van der Waals surface area (Å²) >= 11 is 0. The second kappa shape index (κ2) is 7.14. The number of esters is 2. The number of aliphatic hydroxyl groups excluding tert-OH is 1. The maximum atomic E-state index is 12.8. The van der Waals surface area contributed by atoms with E-state index in [-0.39, 0.29) is 11.1 Å². The number of benzene rings is 2. The predicted molar refractivity (Wildman–Crippen MR) is 102 cm³/mol. The zero-order valence-electron chi connectivity index (χ0n) is 16.5. The van der Waals surface area contributed by atoms with Crippen molar-refractivity contribution in [3.63, 3.8) is 0 Å². The van der Waals surface area contributed by atoms with Crippen LogP contribution in [0.5, 0.6) is 11.5 Å². The van der Waals surface area contributed by atoms with Crippen LogP contribution in [0.25, 0.3) is 0 Å². The molecule has 0 saturated carbocycles. The SMILES string of the molecule is COc1cccc2c1C(c1ccc3c(c1O)C(=O)[C@@H](O)[C@@H](C)[C@H]3OC(C)=O)OC2=O. The van der Waals surface area contributed by atoms with Gasteiger partial charge in [0.15, 0.2) is 11.9 Å². The summed E-state index contributed by atoms with van der Waals surface area (Å²) in [7, 11) is 1.45. The number of aliphatic hydroxyl groups is 1. The van der Waals surface area contributed by atoms with E-state index in [2.05, 4.69) is 0 Å². The number of phenolic OH excluding ortho intramolecular Hbond substituents is 1. The fraction of sp³-hybridized carbons (Fsp3) is 0.318. The highest BCUT2D eigenvalue weighted by molar-refractivity contribution is 6.05. The molecule has 4 rings (SSSR count). The van der Waals surface area contributed by atoms with Crippen molar-refractivity contribution < 1.29 is 38.8 Å². The minimum atomic E-state index is -1.46. The van der Waals surface area contributed by atoms with Crippen molar-refractivity contribution in [1.29, 1.82) is 0 Å². The quantitative estimate of drug-likeness (QED) is 0.738. The first-order chi connectivity index (χ1) is 14.3. The highest BCUT2D eigenvalue weighted by Gasteiger charge is 2.44. The van der Waals surface area contributed by atoms with Gasteiger partial charge in [-0.1, -0.05) is 25.1 Å². The molecule has 30 heavy (non-hydrogen) atoms. The van der Waals surface area contributed by atoms with E-state index in [9.17, 15) is 24.6 Å². The lowest BCUT2D eigenvalue weighted by Gasteiger charge is -2.34. The van der Waals surface area contributed by atoms with Crippen LogP contribution in [-0.4, -0.2) is 41.1 Å². The average Bonchev–Trinajstić information content (AvgIpc) is 3.05. The molecule has 0 aromatic heterocycles. The van der Waals surface area contributed by atoms with Crippen molar-refractivity contribution in [2.75, 3.05) is 7.11 Å². The van der Waals surface area contributed by atoms with Gasteiger partial charge in [0.2, 0.25) is 0 Å². The predicted octanol–water partition coefficient (Wildman–Crippen LogP) is 2.46. The number of ketones is 1. The maximum Gasteiger partial charge on any atom is 0.339 e. The monoisotopic (exact) mass is 412 g/mol. The van der Waals surface area contributed by atoms with Gasteiger partial charge in [-0.3, -0.25) is 9.59 Å². The molecule has 2 aromatic carbocycles. The van der Waals surface area contributed by atoms with E-state index >= 15 is 0 Å². The van der Waals surface area contributed by atoms with Gasteiger partial charge in [-0.25, -0.2) is 4.79 Å². The fourth-order valence-electron chi connectivity index (χ4n) is 4.13. The zero-order chi connectivity index (χ0) is 21.7. The Hall–Kier alpha value is -3.39. The average molecular weight is 412 g/mol. The third-order valence-corrected chi connectivity index (χ3v) is 5.61. The standard InChI is InChI=1S/C22H20O8/c1-9-17(24)19(26)16-11(20(9)29-10(2)23)7-8-13(18(16)25)21-15-12(22(27)30-21)5-4-6-14(15)28-3/h4-9,17,20-21,24-25H,1-3H3/t9-,17+,20-,21?/m1/s1. The summed E-state index contributed by atoms with van der Waals surface area (Å²) in [5, 5.41) is 21.4. The normalized spacial score (nSPS) is 24.7. The first-order valence-corrected chi connectivity index (χ1v) is 9.39. The smallest absolute Gasteiger partial charge is 0.339 e. The lowest BCUT2D eigenvalue weighted by atomic mass is 9.77. The van der Waals surface area contributed by atoms with Crippen molar-refractivity contribution in [1.82, 2.24) is 0 Å². The molecule has 8 nitrogen and oxygen atoms in total. The number of cyclic esters (lactones) is 1. The van der Waals surface area contributed by atoms with Gasteiger partial charge in [-0.05, 0) is 12.1 Å². The molecule has 1 aliphatic carbocycles. The number of fused-ring (bicyclic) bond motifs is 2. The number of ether oxygens (including phenoxy) is 3. The second-order valence-electron chi connectivity index (χ2n) is 7.37. The van der Waals surface area contributed by atoms with Crippen LogP contribution in [0, 0.1) is 5.92 Å². The van der Waals surface area contributed by atoms with Crippen molar-refractivity contribution >= 4 is 17.7 Å². The van der Waals surface area contributed by atoms with E-state index in [1.807, 2.05) is 0 Å². The Morgan fingerprint density at radius 3 is 2.50 bits per heavy atom. The molecule has 2 aliphatic rings. The molecule has 0 saturated heterocycles. The van der Waals surface area contributed by atoms with Gasteiger partial charge in [-0.15, -0.1) is 0 Å². The van der Waals surface area contributed by atoms with Crippen molar-refractivity contribution in [2.45, 2.75) is 32.2 Å². The van der Waals surface area contributed by atoms with Gasteiger partial charge < -0.3 is 24.4 Å². The van der Waals surface area contributed by atoms with E-state index in [4.69, 9.17) is 14.2 Å². The third-order valence-electron chi connectivity index (χ3n) is 5.61. The summed E-state index contributed by atoms with van der Waals surface area (Å²) in [5.74, 6) is -2.57. The van der Waals surface area contributed by atoms with Gasteiger partial charge in [0.05, 0.1) is 23.8 Å². The van der Waals surface area contributed by atoms with Crippen LogP contribution in [-0.2, 0) is 14.3 Å². The van der Waals surface area contributed by atoms with Gasteiger partial charge in [0.1, 0.15) is 23.7 Å². The first kappa shape index (κ1) is 19.9. The van der Waals surface area contributed by atoms with Crippen LogP contribution in [0.4, 0.5) is 0 Å². The van der Waals surface area contributed by atoms with Crippen LogP contribution in [0.1, 0.15) is 63.5 Å². The molecule has 2 N–H and O–H groups in total. The van der Waals surface area contributed by atoms with Crippen LogP contribution in [0.15, 0.2) is 30.3 Å². The minimum absolute atomic E-state index is 0.149. The van der Waals surface area contributed by atoms with Crippen molar-refractivity contribution in [3.8, 4) is 11.5 Å². The third kappa shape index (κ3) is 2.83. The number of hydrogen-bond donors (Lipinski definition) is 2. The molecule has 4 atom stereocenters. The van der Waals surface area contributed by atoms with E-state index in [0.717, 1.165) is 0 Å². The molecule has 2 aromatic rings. The van der Waals surface area contributed by atoms with Gasteiger partial charge in [0.25, 0.3) is 0 Å². The lowest BCUT2D eigenvalue weighted by Crippen LogP contribution is -2.39. The molecule has 0 amide bonds. The summed E-state index contributed by atoms with van der Waals surface area (Å²) in [6, 6.07) is 7.96. The molecule has 156 valence electrons. The first-order valence-electron chi connectivity index (χ1n) is 9.39. The van der Waals surface area contributed by atoms with E-state index < -0.39 is 47.7 Å². The number of carbonyl (C=O) groups excluding carboxylic acids is 3. The summed E-state index contributed by atoms with van der Waals surface area (Å²) < 4.78 is 16.1. The van der Waals surface area contributed by atoms with Crippen LogP contribution < -0.4 is 4.74 Å². The molecule has 1 unspecified atom stereocenters. The molecule has 0 radical (unpaired) electrons. The molecule has 1 aliphatic heterocycles. The highest BCUT2D eigenvalue weighted by Crippen LogP contribution is 2.48. The number of methoxy groups -OCH3 is 1. The Bertz CT molecular complexity index is 1070. The number of Topliss-reactive ketones (excluding diaryl/α,β-unsaturated/α-hetero) is 1. The van der Waals surface area contributed by atoms with Gasteiger partial charge >= 0.3 is 11.9 Å². The molecule has 1 heterocycles. The zero-order valence-corrected chi connectivity index (χ0v) is 16.5. The molecular weight excluding hydrogens is 392 g/mol. The van der Waals surface area contributed by atoms with Gasteiger partial charge in [-0.2, -0.15) is 0 Å². The summed E-state index contributed by atoms with van der Waals surface area (Å²) in [6.45, 7) is 2.81. The largest absolute Gasteiger partial charge is 0.507 e. The molecule has 0 spiro atoms. The minimum Gasteiger partial charge on any atom is -0.507 e. The van der Waals surface area contributed by atoms with Crippen LogP contribution in [0.2, 0.25) is 0 Å². The fourth-order valence-corrected chi connectivity index (χ4v) is 4.13. The van der Waals surface area contributed by atoms with Gasteiger partial charge in [0, 0.05) is 24.0 Å². The Balaban J connectivity index is 1.88. The van der Waals surface area contributed by atoms with Crippen LogP contribution in [0.3, 0.4) is 0 Å². The molecule has 8 heteroatoms. The molecule has 0 bridgehead atoms. The Kier molecular flexibility index (Phi) is 4.74. The Morgan fingerprint density at radius 2 is 1.83 bits per heavy atom. The van der Waals surface area contributed by atoms with Crippen LogP contribution >= 0.6 is 0 Å². The number of phenols is 1. The maximum absolute atomic E-state index is 12.8. The number of rotatable bonds is 3.